The summed E-state index contributed by atoms with van der Waals surface area (Å²) < 4.78 is 38.4. The topological polar surface area (TPSA) is 98.8 Å². The minimum absolute atomic E-state index is 0.0598. The number of nitrogens with zero attached hydrogens (tertiary/aromatic N) is 2. The van der Waals surface area contributed by atoms with E-state index in [4.69, 9.17) is 0 Å². The molecule has 0 radical (unpaired) electrons. The first kappa shape index (κ1) is 22.9. The van der Waals surface area contributed by atoms with Gasteiger partial charge in [0.15, 0.2) is 0 Å². The highest BCUT2D eigenvalue weighted by molar-refractivity contribution is 7.89. The maximum Gasteiger partial charge on any atom is 0.257 e. The molecule has 1 saturated heterocycles. The maximum absolute atomic E-state index is 13.0. The van der Waals surface area contributed by atoms with Gasteiger partial charge in [-0.15, -0.1) is 0 Å². The van der Waals surface area contributed by atoms with Gasteiger partial charge in [0.2, 0.25) is 15.9 Å². The van der Waals surface area contributed by atoms with Crippen molar-refractivity contribution in [1.29, 1.82) is 0 Å². The number of halogens is 1. The van der Waals surface area contributed by atoms with Gasteiger partial charge in [-0.2, -0.15) is 4.31 Å². The third-order valence-corrected chi connectivity index (χ3v) is 6.89. The second kappa shape index (κ2) is 9.99. The SMILES string of the molecule is CCS(=O)(=O)N1CCN(CC(=O)Nc2ccccc2C(=O)Nc2ccc(F)cc2)CC1. The first-order chi connectivity index (χ1) is 14.8. The molecule has 2 aromatic carbocycles. The van der Waals surface area contributed by atoms with E-state index in [1.54, 1.807) is 31.2 Å². The standard InChI is InChI=1S/C21H25FN4O4S/c1-2-31(29,30)26-13-11-25(12-14-26)15-20(27)24-19-6-4-3-5-18(19)21(28)23-17-9-7-16(22)8-10-17/h3-10H,2,11-15H2,1H3,(H,23,28)(H,24,27). The van der Waals surface area contributed by atoms with Crippen LogP contribution in [0.3, 0.4) is 0 Å². The van der Waals surface area contributed by atoms with E-state index in [2.05, 4.69) is 10.6 Å². The second-order valence-corrected chi connectivity index (χ2v) is 9.39. The molecule has 0 saturated carbocycles. The van der Waals surface area contributed by atoms with Crippen LogP contribution < -0.4 is 10.6 Å². The highest BCUT2D eigenvalue weighted by Gasteiger charge is 2.26. The van der Waals surface area contributed by atoms with Crippen LogP contribution in [0.15, 0.2) is 48.5 Å². The van der Waals surface area contributed by atoms with Crippen LogP contribution in [0, 0.1) is 5.82 Å². The van der Waals surface area contributed by atoms with E-state index in [0.717, 1.165) is 0 Å². The number of hydrogen-bond donors (Lipinski definition) is 2. The zero-order chi connectivity index (χ0) is 22.4. The number of carbonyl (C=O) groups is 2. The highest BCUT2D eigenvalue weighted by Crippen LogP contribution is 2.18. The van der Waals surface area contributed by atoms with Crippen LogP contribution >= 0.6 is 0 Å². The Hall–Kier alpha value is -2.82. The van der Waals surface area contributed by atoms with Gasteiger partial charge in [-0.1, -0.05) is 12.1 Å². The molecule has 1 aliphatic heterocycles. The number of anilines is 2. The van der Waals surface area contributed by atoms with E-state index in [9.17, 15) is 22.4 Å². The van der Waals surface area contributed by atoms with Crippen molar-refractivity contribution in [2.45, 2.75) is 6.92 Å². The molecule has 1 fully saturated rings. The van der Waals surface area contributed by atoms with Crippen molar-refractivity contribution >= 4 is 33.2 Å². The number of carbonyl (C=O) groups excluding carboxylic acids is 2. The Morgan fingerprint density at radius 3 is 2.26 bits per heavy atom. The molecule has 10 heteroatoms. The maximum atomic E-state index is 13.0. The highest BCUT2D eigenvalue weighted by atomic mass is 32.2. The number of amides is 2. The van der Waals surface area contributed by atoms with Gasteiger partial charge in [0.25, 0.3) is 5.91 Å². The fraction of sp³-hybridized carbons (Fsp3) is 0.333. The van der Waals surface area contributed by atoms with Crippen LogP contribution in [0.5, 0.6) is 0 Å². The van der Waals surface area contributed by atoms with Crippen LogP contribution in [-0.4, -0.2) is 67.9 Å². The molecule has 0 unspecified atom stereocenters. The molecule has 31 heavy (non-hydrogen) atoms. The summed E-state index contributed by atoms with van der Waals surface area (Å²) in [7, 11) is -3.22. The molecule has 1 aliphatic rings. The molecule has 0 aliphatic carbocycles. The summed E-state index contributed by atoms with van der Waals surface area (Å²) in [6, 6.07) is 12.0. The van der Waals surface area contributed by atoms with E-state index >= 15 is 0 Å². The first-order valence-corrected chi connectivity index (χ1v) is 11.6. The van der Waals surface area contributed by atoms with Crippen LogP contribution in [0.25, 0.3) is 0 Å². The number of sulfonamides is 1. The number of rotatable bonds is 7. The quantitative estimate of drug-likeness (QED) is 0.675. The lowest BCUT2D eigenvalue weighted by Gasteiger charge is -2.33. The molecule has 0 spiro atoms. The van der Waals surface area contributed by atoms with E-state index < -0.39 is 21.7 Å². The molecule has 0 bridgehead atoms. The van der Waals surface area contributed by atoms with Crippen LogP contribution in [0.4, 0.5) is 15.8 Å². The van der Waals surface area contributed by atoms with Crippen molar-refractivity contribution in [3.05, 3.63) is 59.9 Å². The van der Waals surface area contributed by atoms with Gasteiger partial charge in [-0.3, -0.25) is 14.5 Å². The van der Waals surface area contributed by atoms with Crippen molar-refractivity contribution in [2.24, 2.45) is 0 Å². The zero-order valence-electron chi connectivity index (χ0n) is 17.2. The Balaban J connectivity index is 1.58. The number of nitrogens with one attached hydrogen (secondary N) is 2. The summed E-state index contributed by atoms with van der Waals surface area (Å²) in [5, 5.41) is 5.43. The predicted octanol–water partition coefficient (Wildman–Crippen LogP) is 1.98. The summed E-state index contributed by atoms with van der Waals surface area (Å²) in [6.45, 7) is 3.31. The van der Waals surface area contributed by atoms with Gasteiger partial charge in [-0.25, -0.2) is 12.8 Å². The summed E-state index contributed by atoms with van der Waals surface area (Å²) in [6.07, 6.45) is 0. The van der Waals surface area contributed by atoms with Gasteiger partial charge < -0.3 is 10.6 Å². The Morgan fingerprint density at radius 1 is 0.968 bits per heavy atom. The minimum Gasteiger partial charge on any atom is -0.324 e. The largest absolute Gasteiger partial charge is 0.324 e. The Labute approximate surface area is 181 Å². The van der Waals surface area contributed by atoms with E-state index in [1.807, 2.05) is 4.90 Å². The third-order valence-electron chi connectivity index (χ3n) is 5.00. The van der Waals surface area contributed by atoms with Gasteiger partial charge in [0.05, 0.1) is 23.5 Å². The summed E-state index contributed by atoms with van der Waals surface area (Å²) in [5.41, 5.74) is 1.07. The smallest absolute Gasteiger partial charge is 0.257 e. The number of piperazine rings is 1. The zero-order valence-corrected chi connectivity index (χ0v) is 18.0. The van der Waals surface area contributed by atoms with Gasteiger partial charge in [0, 0.05) is 31.9 Å². The first-order valence-electron chi connectivity index (χ1n) is 9.94. The lowest BCUT2D eigenvalue weighted by molar-refractivity contribution is -0.117. The van der Waals surface area contributed by atoms with Crippen LogP contribution in [0.2, 0.25) is 0 Å². The summed E-state index contributed by atoms with van der Waals surface area (Å²) in [5.74, 6) is -1.07. The van der Waals surface area contributed by atoms with E-state index in [-0.39, 0.29) is 23.8 Å². The summed E-state index contributed by atoms with van der Waals surface area (Å²) >= 11 is 0. The fourth-order valence-corrected chi connectivity index (χ4v) is 4.35. The molecule has 1 heterocycles. The molecule has 2 N–H and O–H groups in total. The lowest BCUT2D eigenvalue weighted by atomic mass is 10.1. The normalized spacial score (nSPS) is 15.4. The Bertz CT molecular complexity index is 1040. The lowest BCUT2D eigenvalue weighted by Crippen LogP contribution is -2.50. The minimum atomic E-state index is -3.22. The predicted molar refractivity (Wildman–Crippen MR) is 117 cm³/mol. The summed E-state index contributed by atoms with van der Waals surface area (Å²) in [4.78, 5) is 27.0. The van der Waals surface area contributed by atoms with Crippen molar-refractivity contribution in [2.75, 3.05) is 49.1 Å². The Morgan fingerprint density at radius 2 is 1.61 bits per heavy atom. The molecule has 166 valence electrons. The number of hydrogen-bond acceptors (Lipinski definition) is 5. The van der Waals surface area contributed by atoms with E-state index in [0.29, 0.717) is 37.6 Å². The van der Waals surface area contributed by atoms with E-state index in [1.165, 1.54) is 28.6 Å². The molecule has 8 nitrogen and oxygen atoms in total. The monoisotopic (exact) mass is 448 g/mol. The molecule has 2 aromatic rings. The van der Waals surface area contributed by atoms with Crippen molar-refractivity contribution in [1.82, 2.24) is 9.21 Å². The van der Waals surface area contributed by atoms with Gasteiger partial charge in [-0.05, 0) is 43.3 Å². The van der Waals surface area contributed by atoms with Crippen molar-refractivity contribution in [3.8, 4) is 0 Å². The molecule has 0 atom stereocenters. The Kier molecular flexibility index (Phi) is 7.37. The fourth-order valence-electron chi connectivity index (χ4n) is 3.26. The van der Waals surface area contributed by atoms with Gasteiger partial charge in [0.1, 0.15) is 5.82 Å². The van der Waals surface area contributed by atoms with Crippen LogP contribution in [0.1, 0.15) is 17.3 Å². The van der Waals surface area contributed by atoms with Gasteiger partial charge >= 0.3 is 0 Å². The molecule has 3 rings (SSSR count). The van der Waals surface area contributed by atoms with Crippen molar-refractivity contribution < 1.29 is 22.4 Å². The third kappa shape index (κ3) is 6.09. The molecule has 0 aromatic heterocycles. The average Bonchev–Trinajstić information content (AvgIpc) is 2.76. The second-order valence-electron chi connectivity index (χ2n) is 7.13. The number of para-hydroxylation sites is 1. The number of benzene rings is 2. The molecular formula is C21H25FN4O4S. The van der Waals surface area contributed by atoms with Crippen LogP contribution in [-0.2, 0) is 14.8 Å². The molecule has 2 amide bonds. The average molecular weight is 449 g/mol. The molecular weight excluding hydrogens is 423 g/mol. The van der Waals surface area contributed by atoms with Crippen molar-refractivity contribution in [3.63, 3.8) is 0 Å².